The zero-order valence-electron chi connectivity index (χ0n) is 10.6. The van der Waals surface area contributed by atoms with E-state index in [4.69, 9.17) is 11.5 Å². The number of piperidine rings is 1. The molecule has 0 radical (unpaired) electrons. The maximum atomic E-state index is 10.8. The van der Waals surface area contributed by atoms with Crippen LogP contribution in [0.2, 0.25) is 0 Å². The summed E-state index contributed by atoms with van der Waals surface area (Å²) in [4.78, 5) is 13.2. The second-order valence-electron chi connectivity index (χ2n) is 4.99. The van der Waals surface area contributed by atoms with Crippen molar-refractivity contribution in [3.05, 3.63) is 12.4 Å². The van der Waals surface area contributed by atoms with Gasteiger partial charge in [0.2, 0.25) is 5.91 Å². The fraction of sp³-hybridized carbons (Fsp3) is 0.667. The van der Waals surface area contributed by atoms with Gasteiger partial charge in [-0.3, -0.25) is 9.48 Å². The molecule has 4 N–H and O–H groups in total. The van der Waals surface area contributed by atoms with Gasteiger partial charge in [0, 0.05) is 19.2 Å². The van der Waals surface area contributed by atoms with E-state index in [2.05, 4.69) is 10.00 Å². The van der Waals surface area contributed by atoms with Gasteiger partial charge in [-0.2, -0.15) is 5.10 Å². The molecule has 1 aliphatic heterocycles. The largest absolute Gasteiger partial charge is 0.396 e. The first kappa shape index (κ1) is 12.9. The number of hydrogen-bond acceptors (Lipinski definition) is 4. The Kier molecular flexibility index (Phi) is 4.19. The standard InChI is InChI=1S/C12H21N5O/c13-11-8-15-17(9-11)6-5-16-3-1-10(2-4-16)7-12(14)18/h8-10H,1-7,13H2,(H2,14,18). The summed E-state index contributed by atoms with van der Waals surface area (Å²) in [5.74, 6) is 0.291. The number of rotatable bonds is 5. The van der Waals surface area contributed by atoms with Crippen molar-refractivity contribution in [2.75, 3.05) is 25.4 Å². The normalized spacial score (nSPS) is 18.0. The maximum Gasteiger partial charge on any atom is 0.217 e. The smallest absolute Gasteiger partial charge is 0.217 e. The fourth-order valence-electron chi connectivity index (χ4n) is 2.44. The predicted molar refractivity (Wildman–Crippen MR) is 69.6 cm³/mol. The summed E-state index contributed by atoms with van der Waals surface area (Å²) in [6.45, 7) is 3.91. The molecule has 0 saturated carbocycles. The number of carbonyl (C=O) groups excluding carboxylic acids is 1. The third kappa shape index (κ3) is 3.73. The number of nitrogen functional groups attached to an aromatic ring is 1. The molecular weight excluding hydrogens is 230 g/mol. The Morgan fingerprint density at radius 3 is 2.67 bits per heavy atom. The van der Waals surface area contributed by atoms with E-state index in [9.17, 15) is 4.79 Å². The lowest BCUT2D eigenvalue weighted by Gasteiger charge is -2.31. The highest BCUT2D eigenvalue weighted by molar-refractivity contribution is 5.73. The molecule has 1 aromatic rings. The molecule has 1 aromatic heterocycles. The maximum absolute atomic E-state index is 10.8. The van der Waals surface area contributed by atoms with Crippen molar-refractivity contribution in [1.29, 1.82) is 0 Å². The SMILES string of the molecule is NC(=O)CC1CCN(CCn2cc(N)cn2)CC1. The summed E-state index contributed by atoms with van der Waals surface area (Å²) < 4.78 is 1.87. The lowest BCUT2D eigenvalue weighted by molar-refractivity contribution is -0.119. The average molecular weight is 251 g/mol. The number of anilines is 1. The molecule has 0 atom stereocenters. The van der Waals surface area contributed by atoms with Crippen molar-refractivity contribution in [2.24, 2.45) is 11.7 Å². The Labute approximate surface area is 107 Å². The van der Waals surface area contributed by atoms with Crippen molar-refractivity contribution < 1.29 is 4.79 Å². The molecule has 1 saturated heterocycles. The van der Waals surface area contributed by atoms with Gasteiger partial charge in [0.25, 0.3) is 0 Å². The highest BCUT2D eigenvalue weighted by atomic mass is 16.1. The molecule has 1 fully saturated rings. The highest BCUT2D eigenvalue weighted by Crippen LogP contribution is 2.19. The van der Waals surface area contributed by atoms with Crippen LogP contribution in [0.25, 0.3) is 0 Å². The minimum Gasteiger partial charge on any atom is -0.396 e. The van der Waals surface area contributed by atoms with Gasteiger partial charge in [-0.05, 0) is 31.8 Å². The Morgan fingerprint density at radius 1 is 1.39 bits per heavy atom. The van der Waals surface area contributed by atoms with Crippen molar-refractivity contribution in [2.45, 2.75) is 25.8 Å². The lowest BCUT2D eigenvalue weighted by Crippen LogP contribution is -2.37. The van der Waals surface area contributed by atoms with E-state index in [-0.39, 0.29) is 5.91 Å². The molecule has 2 rings (SSSR count). The summed E-state index contributed by atoms with van der Waals surface area (Å²) in [6, 6.07) is 0. The van der Waals surface area contributed by atoms with E-state index in [1.165, 1.54) is 0 Å². The number of primary amides is 1. The van der Waals surface area contributed by atoms with E-state index >= 15 is 0 Å². The van der Waals surface area contributed by atoms with Crippen LogP contribution < -0.4 is 11.5 Å². The number of nitrogens with two attached hydrogens (primary N) is 2. The number of amides is 1. The van der Waals surface area contributed by atoms with Crippen LogP contribution in [0.15, 0.2) is 12.4 Å². The molecule has 0 bridgehead atoms. The summed E-state index contributed by atoms with van der Waals surface area (Å²) in [5.41, 5.74) is 11.5. The number of carbonyl (C=O) groups is 1. The van der Waals surface area contributed by atoms with Crippen LogP contribution in [-0.4, -0.2) is 40.2 Å². The highest BCUT2D eigenvalue weighted by Gasteiger charge is 2.20. The van der Waals surface area contributed by atoms with E-state index < -0.39 is 0 Å². The molecule has 0 aromatic carbocycles. The number of aromatic nitrogens is 2. The van der Waals surface area contributed by atoms with Crippen LogP contribution in [0.4, 0.5) is 5.69 Å². The first-order valence-corrected chi connectivity index (χ1v) is 6.42. The van der Waals surface area contributed by atoms with Crippen LogP contribution in [0.5, 0.6) is 0 Å². The molecule has 1 amide bonds. The van der Waals surface area contributed by atoms with Crippen LogP contribution in [0, 0.1) is 5.92 Å². The molecule has 6 nitrogen and oxygen atoms in total. The van der Waals surface area contributed by atoms with Gasteiger partial charge in [-0.1, -0.05) is 0 Å². The molecular formula is C12H21N5O. The van der Waals surface area contributed by atoms with E-state index in [0.717, 1.165) is 39.0 Å². The molecule has 1 aliphatic rings. The van der Waals surface area contributed by atoms with Gasteiger partial charge in [0.1, 0.15) is 0 Å². The van der Waals surface area contributed by atoms with Crippen LogP contribution in [0.1, 0.15) is 19.3 Å². The first-order valence-electron chi connectivity index (χ1n) is 6.42. The fourth-order valence-corrected chi connectivity index (χ4v) is 2.44. The number of nitrogens with zero attached hydrogens (tertiary/aromatic N) is 3. The minimum atomic E-state index is -0.180. The number of likely N-dealkylation sites (tertiary alicyclic amines) is 1. The summed E-state index contributed by atoms with van der Waals surface area (Å²) >= 11 is 0. The van der Waals surface area contributed by atoms with Crippen molar-refractivity contribution in [3.63, 3.8) is 0 Å². The predicted octanol–water partition coefficient (Wildman–Crippen LogP) is 0.0527. The van der Waals surface area contributed by atoms with Gasteiger partial charge < -0.3 is 16.4 Å². The Bertz CT molecular complexity index is 395. The van der Waals surface area contributed by atoms with Gasteiger partial charge >= 0.3 is 0 Å². The van der Waals surface area contributed by atoms with Gasteiger partial charge in [0.05, 0.1) is 18.4 Å². The van der Waals surface area contributed by atoms with Crippen molar-refractivity contribution in [3.8, 4) is 0 Å². The van der Waals surface area contributed by atoms with Gasteiger partial charge in [-0.25, -0.2) is 0 Å². The van der Waals surface area contributed by atoms with Crippen LogP contribution >= 0.6 is 0 Å². The summed E-state index contributed by atoms with van der Waals surface area (Å²) in [6.07, 6.45) is 6.16. The molecule has 2 heterocycles. The molecule has 18 heavy (non-hydrogen) atoms. The monoisotopic (exact) mass is 251 g/mol. The van der Waals surface area contributed by atoms with Gasteiger partial charge in [-0.15, -0.1) is 0 Å². The first-order chi connectivity index (χ1) is 8.63. The third-order valence-corrected chi connectivity index (χ3v) is 3.50. The second kappa shape index (κ2) is 5.86. The Hall–Kier alpha value is -1.56. The molecule has 100 valence electrons. The quantitative estimate of drug-likeness (QED) is 0.774. The molecule has 0 aliphatic carbocycles. The van der Waals surface area contributed by atoms with Crippen molar-refractivity contribution >= 4 is 11.6 Å². The summed E-state index contributed by atoms with van der Waals surface area (Å²) in [5, 5.41) is 4.16. The lowest BCUT2D eigenvalue weighted by atomic mass is 9.93. The van der Waals surface area contributed by atoms with E-state index in [1.54, 1.807) is 6.20 Å². The average Bonchev–Trinajstić information content (AvgIpc) is 2.74. The zero-order chi connectivity index (χ0) is 13.0. The molecule has 0 unspecified atom stereocenters. The number of hydrogen-bond donors (Lipinski definition) is 2. The Morgan fingerprint density at radius 2 is 2.11 bits per heavy atom. The van der Waals surface area contributed by atoms with Crippen LogP contribution in [0.3, 0.4) is 0 Å². The van der Waals surface area contributed by atoms with E-state index in [1.807, 2.05) is 10.9 Å². The molecule has 6 heteroatoms. The topological polar surface area (TPSA) is 90.2 Å². The zero-order valence-corrected chi connectivity index (χ0v) is 10.6. The van der Waals surface area contributed by atoms with Crippen molar-refractivity contribution in [1.82, 2.24) is 14.7 Å². The third-order valence-electron chi connectivity index (χ3n) is 3.50. The summed E-state index contributed by atoms with van der Waals surface area (Å²) in [7, 11) is 0. The molecule has 0 spiro atoms. The minimum absolute atomic E-state index is 0.180. The van der Waals surface area contributed by atoms with E-state index in [0.29, 0.717) is 18.0 Å². The Balaban J connectivity index is 1.69. The van der Waals surface area contributed by atoms with Gasteiger partial charge in [0.15, 0.2) is 0 Å². The van der Waals surface area contributed by atoms with Crippen LogP contribution in [-0.2, 0) is 11.3 Å². The second-order valence-corrected chi connectivity index (χ2v) is 4.99.